The lowest BCUT2D eigenvalue weighted by Gasteiger charge is -2.23. The summed E-state index contributed by atoms with van der Waals surface area (Å²) in [6.07, 6.45) is 2.50. The number of likely N-dealkylation sites (tertiary alicyclic amines) is 1. The number of aromatic nitrogens is 3. The average Bonchev–Trinajstić information content (AvgIpc) is 3.03. The number of ether oxygens (including phenoxy) is 1. The standard InChI is InChI=1S/C14H20N4OS/c1-3-17-8-4-5-10(17)9-18-13-11(15-14(18)20)6-7-12(16-13)19-2/h6-7,10H,3-5,8-9H2,1-2H3,(H,15,20). The van der Waals surface area contributed by atoms with Crippen molar-refractivity contribution < 1.29 is 4.74 Å². The Morgan fingerprint density at radius 2 is 2.35 bits per heavy atom. The molecule has 5 nitrogen and oxygen atoms in total. The summed E-state index contributed by atoms with van der Waals surface area (Å²) in [5, 5.41) is 0. The van der Waals surface area contributed by atoms with E-state index in [0.29, 0.717) is 11.9 Å². The van der Waals surface area contributed by atoms with Crippen LogP contribution in [0.5, 0.6) is 5.88 Å². The van der Waals surface area contributed by atoms with Crippen LogP contribution in [0.2, 0.25) is 0 Å². The topological polar surface area (TPSA) is 46.1 Å². The minimum Gasteiger partial charge on any atom is -0.481 e. The zero-order chi connectivity index (χ0) is 14.1. The molecule has 2 aromatic rings. The lowest BCUT2D eigenvalue weighted by molar-refractivity contribution is 0.245. The van der Waals surface area contributed by atoms with Gasteiger partial charge in [0, 0.05) is 18.7 Å². The Kier molecular flexibility index (Phi) is 3.76. The van der Waals surface area contributed by atoms with Crippen LogP contribution >= 0.6 is 12.2 Å². The SMILES string of the molecule is CCN1CCCC1Cn1c(=S)[nH]c2ccc(OC)nc21. The van der Waals surface area contributed by atoms with Crippen molar-refractivity contribution in [1.29, 1.82) is 0 Å². The molecule has 1 atom stereocenters. The molecule has 0 saturated carbocycles. The average molecular weight is 292 g/mol. The second kappa shape index (κ2) is 5.54. The molecular formula is C14H20N4OS. The number of methoxy groups -OCH3 is 1. The van der Waals surface area contributed by atoms with E-state index in [1.807, 2.05) is 12.1 Å². The molecular weight excluding hydrogens is 272 g/mol. The van der Waals surface area contributed by atoms with Gasteiger partial charge in [-0.2, -0.15) is 4.98 Å². The third kappa shape index (κ3) is 2.33. The van der Waals surface area contributed by atoms with Crippen LogP contribution in [0.15, 0.2) is 12.1 Å². The highest BCUT2D eigenvalue weighted by atomic mass is 32.1. The summed E-state index contributed by atoms with van der Waals surface area (Å²) in [5.41, 5.74) is 1.86. The van der Waals surface area contributed by atoms with Crippen LogP contribution in [-0.2, 0) is 6.54 Å². The maximum atomic E-state index is 5.45. The van der Waals surface area contributed by atoms with E-state index in [-0.39, 0.29) is 0 Å². The number of likely N-dealkylation sites (N-methyl/N-ethyl adjacent to an activating group) is 1. The first-order valence-electron chi connectivity index (χ1n) is 7.10. The molecule has 20 heavy (non-hydrogen) atoms. The summed E-state index contributed by atoms with van der Waals surface area (Å²) in [7, 11) is 1.63. The fourth-order valence-electron chi connectivity index (χ4n) is 3.03. The fraction of sp³-hybridized carbons (Fsp3) is 0.571. The van der Waals surface area contributed by atoms with E-state index >= 15 is 0 Å². The van der Waals surface area contributed by atoms with Gasteiger partial charge in [0.05, 0.1) is 12.6 Å². The number of hydrogen-bond acceptors (Lipinski definition) is 4. The minimum absolute atomic E-state index is 0.554. The Bertz CT molecular complexity index is 663. The summed E-state index contributed by atoms with van der Waals surface area (Å²) >= 11 is 5.45. The van der Waals surface area contributed by atoms with Crippen molar-refractivity contribution in [1.82, 2.24) is 19.4 Å². The molecule has 1 aliphatic heterocycles. The lowest BCUT2D eigenvalue weighted by atomic mass is 10.2. The molecule has 1 unspecified atom stereocenters. The molecule has 3 heterocycles. The number of pyridine rings is 1. The summed E-state index contributed by atoms with van der Waals surface area (Å²) in [6.45, 7) is 5.39. The Hall–Kier alpha value is -1.40. The highest BCUT2D eigenvalue weighted by Crippen LogP contribution is 2.22. The van der Waals surface area contributed by atoms with Gasteiger partial charge in [0.25, 0.3) is 0 Å². The van der Waals surface area contributed by atoms with E-state index in [9.17, 15) is 0 Å². The van der Waals surface area contributed by atoms with Crippen LogP contribution < -0.4 is 4.74 Å². The van der Waals surface area contributed by atoms with Crippen LogP contribution in [0.3, 0.4) is 0 Å². The van der Waals surface area contributed by atoms with Crippen LogP contribution in [0.4, 0.5) is 0 Å². The van der Waals surface area contributed by atoms with E-state index in [1.54, 1.807) is 7.11 Å². The van der Waals surface area contributed by atoms with E-state index in [1.165, 1.54) is 19.4 Å². The number of nitrogens with zero attached hydrogens (tertiary/aromatic N) is 3. The quantitative estimate of drug-likeness (QED) is 0.880. The third-order valence-corrected chi connectivity index (χ3v) is 4.42. The number of hydrogen-bond donors (Lipinski definition) is 1. The Balaban J connectivity index is 1.97. The van der Waals surface area contributed by atoms with Gasteiger partial charge in [-0.15, -0.1) is 0 Å². The van der Waals surface area contributed by atoms with Gasteiger partial charge in [0.1, 0.15) is 0 Å². The van der Waals surface area contributed by atoms with Gasteiger partial charge < -0.3 is 9.72 Å². The van der Waals surface area contributed by atoms with Crippen molar-refractivity contribution >= 4 is 23.4 Å². The zero-order valence-electron chi connectivity index (χ0n) is 11.9. The maximum absolute atomic E-state index is 5.45. The third-order valence-electron chi connectivity index (χ3n) is 4.10. The molecule has 6 heteroatoms. The minimum atomic E-state index is 0.554. The molecule has 0 aromatic carbocycles. The number of aromatic amines is 1. The Labute approximate surface area is 123 Å². The first-order valence-corrected chi connectivity index (χ1v) is 7.51. The first kappa shape index (κ1) is 13.6. The molecule has 0 spiro atoms. The normalized spacial score (nSPS) is 19.8. The number of H-pyrrole nitrogens is 1. The van der Waals surface area contributed by atoms with Crippen molar-refractivity contribution in [3.63, 3.8) is 0 Å². The predicted molar refractivity (Wildman–Crippen MR) is 81.7 cm³/mol. The van der Waals surface area contributed by atoms with Gasteiger partial charge in [-0.25, -0.2) is 0 Å². The van der Waals surface area contributed by atoms with Crippen molar-refractivity contribution in [2.45, 2.75) is 32.4 Å². The van der Waals surface area contributed by atoms with E-state index in [4.69, 9.17) is 17.0 Å². The molecule has 108 valence electrons. The molecule has 0 aliphatic carbocycles. The highest BCUT2D eigenvalue weighted by molar-refractivity contribution is 7.71. The summed E-state index contributed by atoms with van der Waals surface area (Å²) < 4.78 is 8.06. The number of rotatable bonds is 4. The van der Waals surface area contributed by atoms with Gasteiger partial charge >= 0.3 is 0 Å². The monoisotopic (exact) mass is 292 g/mol. The van der Waals surface area contributed by atoms with Crippen LogP contribution in [-0.4, -0.2) is 45.7 Å². The predicted octanol–water partition coefficient (Wildman–Crippen LogP) is 2.59. The second-order valence-corrected chi connectivity index (χ2v) is 5.58. The maximum Gasteiger partial charge on any atom is 0.215 e. The van der Waals surface area contributed by atoms with E-state index in [0.717, 1.165) is 29.0 Å². The Morgan fingerprint density at radius 3 is 3.10 bits per heavy atom. The number of imidazole rings is 1. The summed E-state index contributed by atoms with van der Waals surface area (Å²) in [4.78, 5) is 10.3. The van der Waals surface area contributed by atoms with Crippen molar-refractivity contribution in [3.8, 4) is 5.88 Å². The molecule has 1 fully saturated rings. The molecule has 1 saturated heterocycles. The summed E-state index contributed by atoms with van der Waals surface area (Å²) in [6, 6.07) is 4.38. The number of fused-ring (bicyclic) bond motifs is 1. The largest absolute Gasteiger partial charge is 0.481 e. The van der Waals surface area contributed by atoms with Crippen LogP contribution in [0.25, 0.3) is 11.2 Å². The Morgan fingerprint density at radius 1 is 1.50 bits per heavy atom. The van der Waals surface area contributed by atoms with Gasteiger partial charge in [-0.05, 0) is 44.2 Å². The van der Waals surface area contributed by atoms with Crippen molar-refractivity contribution in [2.24, 2.45) is 0 Å². The van der Waals surface area contributed by atoms with Gasteiger partial charge in [0.2, 0.25) is 5.88 Å². The molecule has 3 rings (SSSR count). The van der Waals surface area contributed by atoms with Gasteiger partial charge in [-0.3, -0.25) is 9.47 Å². The molecule has 1 N–H and O–H groups in total. The van der Waals surface area contributed by atoms with Crippen molar-refractivity contribution in [2.75, 3.05) is 20.2 Å². The van der Waals surface area contributed by atoms with E-state index in [2.05, 4.69) is 26.4 Å². The fourth-order valence-corrected chi connectivity index (χ4v) is 3.30. The molecule has 1 aliphatic rings. The number of nitrogens with one attached hydrogen (secondary N) is 1. The van der Waals surface area contributed by atoms with Crippen LogP contribution in [0, 0.1) is 4.77 Å². The van der Waals surface area contributed by atoms with Gasteiger partial charge in [-0.1, -0.05) is 6.92 Å². The first-order chi connectivity index (χ1) is 9.72. The van der Waals surface area contributed by atoms with Crippen LogP contribution in [0.1, 0.15) is 19.8 Å². The second-order valence-electron chi connectivity index (χ2n) is 5.19. The molecule has 0 amide bonds. The highest BCUT2D eigenvalue weighted by Gasteiger charge is 2.24. The lowest BCUT2D eigenvalue weighted by Crippen LogP contribution is -2.32. The molecule has 0 radical (unpaired) electrons. The molecule has 2 aromatic heterocycles. The van der Waals surface area contributed by atoms with Crippen molar-refractivity contribution in [3.05, 3.63) is 16.9 Å². The van der Waals surface area contributed by atoms with Gasteiger partial charge in [0.15, 0.2) is 10.4 Å². The zero-order valence-corrected chi connectivity index (χ0v) is 12.7. The van der Waals surface area contributed by atoms with E-state index < -0.39 is 0 Å². The summed E-state index contributed by atoms with van der Waals surface area (Å²) in [5.74, 6) is 0.624. The smallest absolute Gasteiger partial charge is 0.215 e. The molecule has 0 bridgehead atoms.